The lowest BCUT2D eigenvalue weighted by molar-refractivity contribution is 1.19. The highest BCUT2D eigenvalue weighted by Gasteiger charge is 2.27. The fraction of sp³-hybridized carbons (Fsp3) is 0. The Morgan fingerprint density at radius 2 is 0.528 bits per heavy atom. The molecule has 0 atom stereocenters. The summed E-state index contributed by atoms with van der Waals surface area (Å²) < 4.78 is 8.40. The average molecular weight is 1650 g/mol. The van der Waals surface area contributed by atoms with Crippen molar-refractivity contribution in [2.45, 2.75) is 0 Å². The first-order valence-electron chi connectivity index (χ1n) is 43.0. The van der Waals surface area contributed by atoms with Gasteiger partial charge in [-0.3, -0.25) is 0 Å². The molecule has 0 aliphatic heterocycles. The molecule has 4 aromatic heterocycles. The fourth-order valence-corrected chi connectivity index (χ4v) is 21.5. The van der Waals surface area contributed by atoms with Crippen molar-refractivity contribution in [2.75, 3.05) is 0 Å². The second kappa shape index (κ2) is 28.1. The SMILES string of the molecule is Brc1ccc2cc(-c3ccc4c5c(cccc35)-c3ccccc3-4)ccc2c1.c1ccc(-n2c3ccc(-c4ccc5[nH]c6ccccc6c5c4)cc3c3ccc4ccccc4c32)cc1.c1ccc(-n2c3ccc(-c4ccc5c(c4)c4ccccc4n5-c4ccc5cc(-c6ccc7c8c(cccc68)-c6ccccc6-7)ccc5c4)cc3c3ccc4ccccc4c32)cc1. The largest absolute Gasteiger partial charge is 0.355 e. The van der Waals surface area contributed by atoms with Crippen LogP contribution in [0.25, 0.3) is 258 Å². The predicted octanol–water partition coefficient (Wildman–Crippen LogP) is 33.6. The van der Waals surface area contributed by atoms with Crippen LogP contribution in [0.5, 0.6) is 0 Å². The number of H-pyrrole nitrogens is 1. The Hall–Kier alpha value is -15.9. The maximum atomic E-state index is 3.57. The van der Waals surface area contributed by atoms with Crippen LogP contribution in [0.15, 0.2) is 441 Å². The second-order valence-corrected chi connectivity index (χ2v) is 34.4. The Balaban J connectivity index is 0.000000111. The van der Waals surface area contributed by atoms with E-state index in [1.54, 1.807) is 0 Å². The molecule has 1 N–H and O–H groups in total. The van der Waals surface area contributed by atoms with Crippen molar-refractivity contribution in [1.82, 2.24) is 18.7 Å². The van der Waals surface area contributed by atoms with Crippen molar-refractivity contribution < 1.29 is 0 Å². The number of fused-ring (bicyclic) bond motifs is 24. The third kappa shape index (κ3) is 11.2. The number of hydrogen-bond acceptors (Lipinski definition) is 0. The molecule has 4 heterocycles. The van der Waals surface area contributed by atoms with Crippen molar-refractivity contribution in [2.24, 2.45) is 0 Å². The van der Waals surface area contributed by atoms with E-state index in [0.29, 0.717) is 0 Å². The summed E-state index contributed by atoms with van der Waals surface area (Å²) in [5.41, 5.74) is 33.9. The molecule has 0 saturated heterocycles. The van der Waals surface area contributed by atoms with Gasteiger partial charge in [0.2, 0.25) is 0 Å². The lowest BCUT2D eigenvalue weighted by Crippen LogP contribution is -1.94. The molecule has 28 rings (SSSR count). The van der Waals surface area contributed by atoms with Gasteiger partial charge in [0, 0.05) is 86.4 Å². The fourth-order valence-electron chi connectivity index (χ4n) is 21.1. The van der Waals surface area contributed by atoms with Gasteiger partial charge in [-0.2, -0.15) is 0 Å². The van der Waals surface area contributed by atoms with E-state index in [1.165, 1.54) is 252 Å². The number of rotatable bonds is 7. The van der Waals surface area contributed by atoms with E-state index in [1.807, 2.05) is 0 Å². The molecule has 22 aromatic carbocycles. The molecule has 0 radical (unpaired) electrons. The number of nitrogens with zero attached hydrogens (tertiary/aromatic N) is 3. The van der Waals surface area contributed by atoms with E-state index in [4.69, 9.17) is 0 Å². The maximum Gasteiger partial charge on any atom is 0.0619 e. The number of hydrogen-bond donors (Lipinski definition) is 1. The number of halogens is 1. The summed E-state index contributed by atoms with van der Waals surface area (Å²) in [5, 5.41) is 25.5. The summed E-state index contributed by atoms with van der Waals surface area (Å²) >= 11 is 3.57. The number of aromatic nitrogens is 4. The minimum absolute atomic E-state index is 1.12. The summed E-state index contributed by atoms with van der Waals surface area (Å²) in [6, 6.07) is 160. The molecule has 0 amide bonds. The highest BCUT2D eigenvalue weighted by Crippen LogP contribution is 2.53. The Morgan fingerprint density at radius 3 is 1.07 bits per heavy atom. The molecule has 5 heteroatoms. The van der Waals surface area contributed by atoms with Crippen LogP contribution in [-0.4, -0.2) is 18.7 Å². The third-order valence-corrected chi connectivity index (χ3v) is 27.3. The van der Waals surface area contributed by atoms with Gasteiger partial charge in [0.25, 0.3) is 0 Å². The summed E-state index contributed by atoms with van der Waals surface area (Å²) in [4.78, 5) is 3.55. The van der Waals surface area contributed by atoms with Gasteiger partial charge < -0.3 is 18.7 Å². The van der Waals surface area contributed by atoms with Crippen LogP contribution in [0.2, 0.25) is 0 Å². The topological polar surface area (TPSA) is 30.6 Å². The van der Waals surface area contributed by atoms with Crippen molar-refractivity contribution in [3.63, 3.8) is 0 Å². The normalized spacial score (nSPS) is 12.0. The van der Waals surface area contributed by atoms with Crippen LogP contribution >= 0.6 is 15.9 Å². The molecule has 26 aromatic rings. The maximum absolute atomic E-state index is 3.57. The van der Waals surface area contributed by atoms with E-state index in [9.17, 15) is 0 Å². The smallest absolute Gasteiger partial charge is 0.0619 e. The Bertz CT molecular complexity index is 9010. The molecule has 0 spiro atoms. The Labute approximate surface area is 728 Å². The number of nitrogens with one attached hydrogen (secondary N) is 1. The van der Waals surface area contributed by atoms with Gasteiger partial charge in [-0.05, 0) is 264 Å². The van der Waals surface area contributed by atoms with Gasteiger partial charge in [0.15, 0.2) is 0 Å². The van der Waals surface area contributed by atoms with E-state index in [-0.39, 0.29) is 0 Å². The van der Waals surface area contributed by atoms with Gasteiger partial charge in [-0.1, -0.05) is 331 Å². The first kappa shape index (κ1) is 70.9. The minimum atomic E-state index is 1.12. The van der Waals surface area contributed by atoms with Crippen LogP contribution in [0.1, 0.15) is 0 Å². The molecule has 4 nitrogen and oxygen atoms in total. The van der Waals surface area contributed by atoms with Gasteiger partial charge >= 0.3 is 0 Å². The zero-order chi connectivity index (χ0) is 82.1. The molecular weight excluding hydrogens is 1580 g/mol. The molecule has 125 heavy (non-hydrogen) atoms. The molecule has 0 fully saturated rings. The standard InChI is InChI=1S/C60H36N2.C34H22N2.C26H15Br/c1-2-12-43(13-3-1)62-58-32-26-41(36-55(58)53-28-24-37-11-4-5-14-46(37)60(53)62)40-25-31-57-54(35-40)49-17-8-9-20-56(49)61(57)44-27-23-38-33-42(22-21-39(38)34-44)45-29-30-52-48-16-7-6-15-47(48)51-19-10-18-50(45)59(51)52;1-2-9-25(10-3-1)36-33-19-16-24(21-30(33)28-17-14-22-8-4-5-11-26(22)34(28)36)23-15-18-32-29(20-23)27-12-6-7-13-31(27)35-32;27-19-11-10-16-14-18(9-8-17(16)15-19)20-12-13-25-22-5-2-1-4-21(22)24-7-3-6-23(20)26(24)25/h1-36H;1-21,35H;1-15H. The zero-order valence-electron chi connectivity index (χ0n) is 67.8. The van der Waals surface area contributed by atoms with Gasteiger partial charge in [0.05, 0.1) is 33.1 Å². The van der Waals surface area contributed by atoms with Crippen LogP contribution in [0, 0.1) is 0 Å². The van der Waals surface area contributed by atoms with Gasteiger partial charge in [-0.15, -0.1) is 0 Å². The van der Waals surface area contributed by atoms with Crippen LogP contribution in [0.3, 0.4) is 0 Å². The van der Waals surface area contributed by atoms with Crippen molar-refractivity contribution >= 4 is 168 Å². The van der Waals surface area contributed by atoms with Crippen molar-refractivity contribution in [1.29, 1.82) is 0 Å². The van der Waals surface area contributed by atoms with Crippen LogP contribution < -0.4 is 0 Å². The zero-order valence-corrected chi connectivity index (χ0v) is 69.4. The van der Waals surface area contributed by atoms with E-state index < -0.39 is 0 Å². The van der Waals surface area contributed by atoms with Crippen LogP contribution in [-0.2, 0) is 0 Å². The first-order valence-corrected chi connectivity index (χ1v) is 43.8. The highest BCUT2D eigenvalue weighted by molar-refractivity contribution is 9.10. The molecule has 2 aliphatic carbocycles. The Morgan fingerprint density at radius 1 is 0.168 bits per heavy atom. The van der Waals surface area contributed by atoms with Crippen LogP contribution in [0.4, 0.5) is 0 Å². The summed E-state index contributed by atoms with van der Waals surface area (Å²) in [6.45, 7) is 0. The van der Waals surface area contributed by atoms with E-state index in [0.717, 1.165) is 10.2 Å². The first-order chi connectivity index (χ1) is 61.9. The molecule has 0 unspecified atom stereocenters. The molecular formula is C120H73BrN4. The second-order valence-electron chi connectivity index (χ2n) is 33.5. The quantitative estimate of drug-likeness (QED) is 0.165. The van der Waals surface area contributed by atoms with Crippen molar-refractivity contribution in [3.05, 3.63) is 441 Å². The summed E-state index contributed by atoms with van der Waals surface area (Å²) in [6.07, 6.45) is 0. The van der Waals surface area contributed by atoms with Crippen molar-refractivity contribution in [3.8, 4) is 106 Å². The molecule has 2 aliphatic rings. The van der Waals surface area contributed by atoms with Gasteiger partial charge in [0.1, 0.15) is 0 Å². The highest BCUT2D eigenvalue weighted by atomic mass is 79.9. The molecule has 0 saturated carbocycles. The van der Waals surface area contributed by atoms with E-state index in [2.05, 4.69) is 471 Å². The van der Waals surface area contributed by atoms with E-state index >= 15 is 0 Å². The number of para-hydroxylation sites is 4. The lowest BCUT2D eigenvalue weighted by atomic mass is 9.93. The van der Waals surface area contributed by atoms with Gasteiger partial charge in [-0.25, -0.2) is 0 Å². The monoisotopic (exact) mass is 1650 g/mol. The molecule has 0 bridgehead atoms. The average Bonchev–Trinajstić information content (AvgIpc) is 1.59. The number of aromatic amines is 1. The minimum Gasteiger partial charge on any atom is -0.355 e. The predicted molar refractivity (Wildman–Crippen MR) is 535 cm³/mol. The number of benzene rings is 22. The molecule has 580 valence electrons. The summed E-state index contributed by atoms with van der Waals surface area (Å²) in [7, 11) is 0. The summed E-state index contributed by atoms with van der Waals surface area (Å²) in [5.74, 6) is 0. The third-order valence-electron chi connectivity index (χ3n) is 26.8. The lowest BCUT2D eigenvalue weighted by Gasteiger charge is -2.12. The Kier molecular flexibility index (Phi) is 15.9.